The van der Waals surface area contributed by atoms with Crippen LogP contribution in [-0.4, -0.2) is 39.4 Å². The molecule has 1 unspecified atom stereocenters. The van der Waals surface area contributed by atoms with Crippen molar-refractivity contribution in [1.29, 1.82) is 5.26 Å². The van der Waals surface area contributed by atoms with Crippen LogP contribution in [0.25, 0.3) is 6.08 Å². The molecular weight excluding hydrogens is 446 g/mol. The van der Waals surface area contributed by atoms with Gasteiger partial charge in [-0.05, 0) is 42.4 Å². The second-order valence-corrected chi connectivity index (χ2v) is 10.8. The zero-order valence-corrected chi connectivity index (χ0v) is 22.5. The number of rotatable bonds is 10. The number of esters is 2. The van der Waals surface area contributed by atoms with E-state index in [0.29, 0.717) is 17.9 Å². The number of ether oxygens (including phenoxy) is 4. The predicted molar refractivity (Wildman–Crippen MR) is 136 cm³/mol. The summed E-state index contributed by atoms with van der Waals surface area (Å²) in [4.78, 5) is 25.2. The average molecular weight is 486 g/mol. The molecule has 0 aliphatic carbocycles. The van der Waals surface area contributed by atoms with Crippen molar-refractivity contribution in [3.63, 3.8) is 0 Å². The lowest BCUT2D eigenvalue weighted by atomic mass is 9.61. The van der Waals surface area contributed by atoms with Gasteiger partial charge in [0.05, 0.1) is 19.6 Å². The standard InChI is InChI=1S/C28H39NO6/c1-26(2,3)19-28(7,27(4,5)6)25(31)35-16-15-34-24(30)21(18-29)12-10-11-20-13-14-22(32-8)17-23(20)33-9/h10-14,17H,15-16,19H2,1-9H3. The number of allylic oxidation sites excluding steroid dienone is 2. The highest BCUT2D eigenvalue weighted by Crippen LogP contribution is 2.47. The van der Waals surface area contributed by atoms with Crippen molar-refractivity contribution < 1.29 is 28.5 Å². The molecular formula is C28H39NO6. The van der Waals surface area contributed by atoms with Crippen molar-refractivity contribution >= 4 is 18.0 Å². The van der Waals surface area contributed by atoms with E-state index in [1.54, 1.807) is 44.6 Å². The van der Waals surface area contributed by atoms with E-state index in [2.05, 4.69) is 20.8 Å². The van der Waals surface area contributed by atoms with E-state index >= 15 is 0 Å². The molecule has 1 atom stereocenters. The minimum absolute atomic E-state index is 0.0661. The van der Waals surface area contributed by atoms with Gasteiger partial charge in [-0.3, -0.25) is 4.79 Å². The summed E-state index contributed by atoms with van der Waals surface area (Å²) in [5.41, 5.74) is -0.514. The Morgan fingerprint density at radius 1 is 0.971 bits per heavy atom. The van der Waals surface area contributed by atoms with Crippen LogP contribution in [0.4, 0.5) is 0 Å². The van der Waals surface area contributed by atoms with Crippen LogP contribution in [0.3, 0.4) is 0 Å². The molecule has 1 rings (SSSR count). The Balaban J connectivity index is 2.75. The summed E-state index contributed by atoms with van der Waals surface area (Å²) in [7, 11) is 3.11. The minimum Gasteiger partial charge on any atom is -0.497 e. The fraction of sp³-hybridized carbons (Fsp3) is 0.536. The molecule has 1 aromatic rings. The van der Waals surface area contributed by atoms with Gasteiger partial charge < -0.3 is 18.9 Å². The topological polar surface area (TPSA) is 94.9 Å². The molecule has 0 spiro atoms. The number of methoxy groups -OCH3 is 2. The van der Waals surface area contributed by atoms with Crippen molar-refractivity contribution in [3.05, 3.63) is 41.5 Å². The largest absolute Gasteiger partial charge is 0.497 e. The fourth-order valence-corrected chi connectivity index (χ4v) is 3.57. The summed E-state index contributed by atoms with van der Waals surface area (Å²) in [5.74, 6) is 0.120. The van der Waals surface area contributed by atoms with Crippen LogP contribution in [0, 0.1) is 27.6 Å². The monoisotopic (exact) mass is 485 g/mol. The number of hydrogen-bond acceptors (Lipinski definition) is 7. The second kappa shape index (κ2) is 12.4. The molecule has 0 bridgehead atoms. The molecule has 0 N–H and O–H groups in total. The first kappa shape index (κ1) is 29.8. The highest BCUT2D eigenvalue weighted by Gasteiger charge is 2.47. The number of hydrogen-bond donors (Lipinski definition) is 0. The van der Waals surface area contributed by atoms with Crippen LogP contribution >= 0.6 is 0 Å². The first-order chi connectivity index (χ1) is 16.2. The maximum Gasteiger partial charge on any atom is 0.349 e. The third-order valence-electron chi connectivity index (χ3n) is 5.86. The zero-order valence-electron chi connectivity index (χ0n) is 22.5. The maximum absolute atomic E-state index is 12.9. The quantitative estimate of drug-likeness (QED) is 0.137. The van der Waals surface area contributed by atoms with Crippen molar-refractivity contribution in [3.8, 4) is 17.6 Å². The summed E-state index contributed by atoms with van der Waals surface area (Å²) in [5, 5.41) is 9.33. The average Bonchev–Trinajstić information content (AvgIpc) is 2.77. The molecule has 0 heterocycles. The zero-order chi connectivity index (χ0) is 26.9. The Labute approximate surface area is 209 Å². The van der Waals surface area contributed by atoms with E-state index < -0.39 is 11.4 Å². The van der Waals surface area contributed by atoms with E-state index in [9.17, 15) is 14.9 Å². The van der Waals surface area contributed by atoms with Crippen molar-refractivity contribution in [2.24, 2.45) is 16.2 Å². The van der Waals surface area contributed by atoms with Gasteiger partial charge in [0.1, 0.15) is 36.4 Å². The molecule has 0 saturated carbocycles. The Morgan fingerprint density at radius 3 is 2.11 bits per heavy atom. The number of nitriles is 1. The van der Waals surface area contributed by atoms with E-state index in [-0.39, 0.29) is 35.6 Å². The van der Waals surface area contributed by atoms with Crippen molar-refractivity contribution in [2.75, 3.05) is 27.4 Å². The van der Waals surface area contributed by atoms with E-state index in [1.807, 2.05) is 33.8 Å². The van der Waals surface area contributed by atoms with Gasteiger partial charge in [0.25, 0.3) is 0 Å². The van der Waals surface area contributed by atoms with Crippen LogP contribution < -0.4 is 9.47 Å². The lowest BCUT2D eigenvalue weighted by Gasteiger charge is -2.43. The molecule has 0 amide bonds. The molecule has 0 aliphatic rings. The molecule has 0 saturated heterocycles. The molecule has 7 heteroatoms. The summed E-state index contributed by atoms with van der Waals surface area (Å²) in [6.45, 7) is 14.0. The lowest BCUT2D eigenvalue weighted by molar-refractivity contribution is -0.167. The lowest BCUT2D eigenvalue weighted by Crippen LogP contribution is -2.44. The predicted octanol–water partition coefficient (Wildman–Crippen LogP) is 5.74. The van der Waals surface area contributed by atoms with Crippen LogP contribution in [0.2, 0.25) is 0 Å². The van der Waals surface area contributed by atoms with E-state index in [1.165, 1.54) is 6.08 Å². The summed E-state index contributed by atoms with van der Waals surface area (Å²) < 4.78 is 21.1. The summed E-state index contributed by atoms with van der Waals surface area (Å²) in [6.07, 6.45) is 5.27. The summed E-state index contributed by atoms with van der Waals surface area (Å²) in [6, 6.07) is 7.14. The maximum atomic E-state index is 12.9. The molecule has 192 valence electrons. The normalized spacial score (nSPS) is 14.1. The fourth-order valence-electron chi connectivity index (χ4n) is 3.57. The Morgan fingerprint density at radius 2 is 1.60 bits per heavy atom. The third kappa shape index (κ3) is 8.79. The van der Waals surface area contributed by atoms with Gasteiger partial charge in [-0.2, -0.15) is 5.26 Å². The molecule has 0 aromatic heterocycles. The molecule has 1 aromatic carbocycles. The molecule has 0 radical (unpaired) electrons. The highest BCUT2D eigenvalue weighted by molar-refractivity contribution is 5.93. The Bertz CT molecular complexity index is 988. The first-order valence-electron chi connectivity index (χ1n) is 11.5. The Hall–Kier alpha value is -3.27. The number of benzene rings is 1. The first-order valence-corrected chi connectivity index (χ1v) is 11.5. The second-order valence-electron chi connectivity index (χ2n) is 10.8. The number of carbonyl (C=O) groups excluding carboxylic acids is 2. The van der Waals surface area contributed by atoms with Crippen LogP contribution in [-0.2, 0) is 19.1 Å². The number of nitrogens with zero attached hydrogens (tertiary/aromatic N) is 1. The SMILES string of the molecule is COc1ccc(C=CC=C(C#N)C(=O)OCCOC(=O)C(C)(CC(C)(C)C)C(C)(C)C)c(OC)c1. The van der Waals surface area contributed by atoms with E-state index in [0.717, 1.165) is 5.56 Å². The van der Waals surface area contributed by atoms with Crippen molar-refractivity contribution in [2.45, 2.75) is 54.9 Å². The molecule has 35 heavy (non-hydrogen) atoms. The Kier molecular flexibility index (Phi) is 10.6. The van der Waals surface area contributed by atoms with Gasteiger partial charge in [0.2, 0.25) is 0 Å². The number of carbonyl (C=O) groups is 2. The summed E-state index contributed by atoms with van der Waals surface area (Å²) >= 11 is 0. The minimum atomic E-state index is -0.789. The smallest absolute Gasteiger partial charge is 0.349 e. The van der Waals surface area contributed by atoms with Gasteiger partial charge in [-0.15, -0.1) is 0 Å². The third-order valence-corrected chi connectivity index (χ3v) is 5.86. The van der Waals surface area contributed by atoms with Crippen LogP contribution in [0.1, 0.15) is 60.5 Å². The van der Waals surface area contributed by atoms with E-state index in [4.69, 9.17) is 18.9 Å². The molecule has 7 nitrogen and oxygen atoms in total. The molecule has 0 fully saturated rings. The molecule has 0 aliphatic heterocycles. The highest BCUT2D eigenvalue weighted by atomic mass is 16.6. The van der Waals surface area contributed by atoms with Gasteiger partial charge >= 0.3 is 11.9 Å². The van der Waals surface area contributed by atoms with Crippen molar-refractivity contribution in [1.82, 2.24) is 0 Å². The van der Waals surface area contributed by atoms with Gasteiger partial charge in [0.15, 0.2) is 0 Å². The van der Waals surface area contributed by atoms with Gasteiger partial charge in [0, 0.05) is 11.6 Å². The van der Waals surface area contributed by atoms with Crippen LogP contribution in [0.5, 0.6) is 11.5 Å². The van der Waals surface area contributed by atoms with Crippen LogP contribution in [0.15, 0.2) is 35.9 Å². The van der Waals surface area contributed by atoms with Gasteiger partial charge in [-0.1, -0.05) is 53.7 Å². The van der Waals surface area contributed by atoms with Gasteiger partial charge in [-0.25, -0.2) is 4.79 Å².